The van der Waals surface area contributed by atoms with Gasteiger partial charge in [-0.3, -0.25) is 0 Å². The highest BCUT2D eigenvalue weighted by Gasteiger charge is 2.22. The van der Waals surface area contributed by atoms with Crippen LogP contribution in [0.15, 0.2) is 27.8 Å². The number of hydrogen-bond acceptors (Lipinski definition) is 4. The van der Waals surface area contributed by atoms with Crippen molar-refractivity contribution in [1.29, 1.82) is 0 Å². The molecule has 0 saturated carbocycles. The van der Waals surface area contributed by atoms with Gasteiger partial charge >= 0.3 is 0 Å². The molecule has 1 fully saturated rings. The van der Waals surface area contributed by atoms with E-state index in [1.165, 1.54) is 0 Å². The van der Waals surface area contributed by atoms with Crippen LogP contribution in [0.3, 0.4) is 0 Å². The summed E-state index contributed by atoms with van der Waals surface area (Å²) in [6.07, 6.45) is 1.01. The average Bonchev–Trinajstić information content (AvgIpc) is 2.86. The molecule has 98 valence electrons. The van der Waals surface area contributed by atoms with Gasteiger partial charge in [-0.15, -0.1) is 0 Å². The van der Waals surface area contributed by atoms with Gasteiger partial charge in [0, 0.05) is 41.3 Å². The second kappa shape index (κ2) is 5.58. The Labute approximate surface area is 114 Å². The number of aliphatic hydroxyl groups excluding tert-OH is 1. The monoisotopic (exact) mass is 313 g/mol. The normalized spacial score (nSPS) is 20.4. The molecule has 6 heteroatoms. The minimum atomic E-state index is 0.0862. The van der Waals surface area contributed by atoms with E-state index in [1.807, 2.05) is 18.2 Å². The zero-order valence-corrected chi connectivity index (χ0v) is 11.5. The zero-order valence-electron chi connectivity index (χ0n) is 9.88. The van der Waals surface area contributed by atoms with Crippen molar-refractivity contribution < 1.29 is 10.3 Å². The first kappa shape index (κ1) is 13.2. The van der Waals surface area contributed by atoms with Crippen LogP contribution in [-0.2, 0) is 0 Å². The zero-order chi connectivity index (χ0) is 13.1. The number of benzene rings is 1. The minimum Gasteiger partial charge on any atom is -0.409 e. The van der Waals surface area contributed by atoms with E-state index in [0.29, 0.717) is 11.5 Å². The summed E-state index contributed by atoms with van der Waals surface area (Å²) < 4.78 is 0.794. The number of rotatable bonds is 3. The maximum absolute atomic E-state index is 9.14. The van der Waals surface area contributed by atoms with E-state index in [-0.39, 0.29) is 12.4 Å². The molecule has 5 nitrogen and oxygen atoms in total. The molecule has 1 unspecified atom stereocenters. The molecule has 1 aromatic rings. The maximum atomic E-state index is 9.14. The van der Waals surface area contributed by atoms with Crippen molar-refractivity contribution in [2.45, 2.75) is 6.42 Å². The van der Waals surface area contributed by atoms with Gasteiger partial charge < -0.3 is 20.9 Å². The molecule has 1 aliphatic heterocycles. The molecule has 1 heterocycles. The van der Waals surface area contributed by atoms with E-state index in [2.05, 4.69) is 26.0 Å². The first-order valence-corrected chi connectivity index (χ1v) is 6.58. The number of amidine groups is 1. The molecule has 1 aromatic carbocycles. The Morgan fingerprint density at radius 2 is 2.33 bits per heavy atom. The molecule has 0 amide bonds. The Morgan fingerprint density at radius 1 is 1.56 bits per heavy atom. The maximum Gasteiger partial charge on any atom is 0.171 e. The van der Waals surface area contributed by atoms with E-state index in [9.17, 15) is 0 Å². The fourth-order valence-electron chi connectivity index (χ4n) is 2.18. The fourth-order valence-corrected chi connectivity index (χ4v) is 2.75. The van der Waals surface area contributed by atoms with E-state index >= 15 is 0 Å². The summed E-state index contributed by atoms with van der Waals surface area (Å²) in [6.45, 7) is 2.05. The summed E-state index contributed by atoms with van der Waals surface area (Å²) >= 11 is 3.42. The SMILES string of the molecule is N/C(=N/O)c1ccc(N2CCC(CO)C2)cc1Br. The van der Waals surface area contributed by atoms with Crippen molar-refractivity contribution in [1.82, 2.24) is 0 Å². The number of aliphatic hydroxyl groups is 1. The van der Waals surface area contributed by atoms with Crippen LogP contribution >= 0.6 is 15.9 Å². The second-order valence-electron chi connectivity index (χ2n) is 4.43. The lowest BCUT2D eigenvalue weighted by molar-refractivity contribution is 0.238. The summed E-state index contributed by atoms with van der Waals surface area (Å²) in [4.78, 5) is 2.22. The number of oxime groups is 1. The number of anilines is 1. The molecule has 0 bridgehead atoms. The molecular weight excluding hydrogens is 298 g/mol. The lowest BCUT2D eigenvalue weighted by Crippen LogP contribution is -2.21. The number of halogens is 1. The largest absolute Gasteiger partial charge is 0.409 e. The minimum absolute atomic E-state index is 0.0862. The average molecular weight is 314 g/mol. The first-order chi connectivity index (χ1) is 8.65. The number of nitrogens with two attached hydrogens (primary N) is 1. The third-order valence-corrected chi connectivity index (χ3v) is 3.90. The molecule has 0 aliphatic carbocycles. The Bertz CT molecular complexity index is 465. The third-order valence-electron chi connectivity index (χ3n) is 3.25. The second-order valence-corrected chi connectivity index (χ2v) is 5.29. The summed E-state index contributed by atoms with van der Waals surface area (Å²) in [5, 5.41) is 20.8. The summed E-state index contributed by atoms with van der Waals surface area (Å²) in [7, 11) is 0. The van der Waals surface area contributed by atoms with Gasteiger partial charge in [0.15, 0.2) is 5.84 Å². The van der Waals surface area contributed by atoms with Gasteiger partial charge in [0.1, 0.15) is 0 Å². The lowest BCUT2D eigenvalue weighted by Gasteiger charge is -2.19. The van der Waals surface area contributed by atoms with Crippen LogP contribution in [0.4, 0.5) is 5.69 Å². The van der Waals surface area contributed by atoms with E-state index < -0.39 is 0 Å². The van der Waals surface area contributed by atoms with Gasteiger partial charge in [0.2, 0.25) is 0 Å². The van der Waals surface area contributed by atoms with E-state index in [1.54, 1.807) is 0 Å². The molecule has 2 rings (SSSR count). The first-order valence-electron chi connectivity index (χ1n) is 5.79. The lowest BCUT2D eigenvalue weighted by atomic mass is 10.1. The Balaban J connectivity index is 2.19. The number of nitrogens with zero attached hydrogens (tertiary/aromatic N) is 2. The Morgan fingerprint density at radius 3 is 2.89 bits per heavy atom. The molecule has 0 spiro atoms. The van der Waals surface area contributed by atoms with Crippen LogP contribution in [0.1, 0.15) is 12.0 Å². The highest BCUT2D eigenvalue weighted by Crippen LogP contribution is 2.28. The summed E-state index contributed by atoms with van der Waals surface area (Å²) in [5.41, 5.74) is 7.31. The van der Waals surface area contributed by atoms with Crippen LogP contribution in [0, 0.1) is 5.92 Å². The van der Waals surface area contributed by atoms with Crippen molar-refractivity contribution >= 4 is 27.5 Å². The van der Waals surface area contributed by atoms with Gasteiger partial charge in [0.25, 0.3) is 0 Å². The van der Waals surface area contributed by atoms with E-state index in [0.717, 1.165) is 29.7 Å². The van der Waals surface area contributed by atoms with Crippen molar-refractivity contribution in [2.75, 3.05) is 24.6 Å². The predicted octanol–water partition coefficient (Wildman–Crippen LogP) is 1.36. The van der Waals surface area contributed by atoms with Gasteiger partial charge in [-0.2, -0.15) is 0 Å². The van der Waals surface area contributed by atoms with Gasteiger partial charge in [-0.25, -0.2) is 0 Å². The molecule has 4 N–H and O–H groups in total. The molecular formula is C12H16BrN3O2. The summed E-state index contributed by atoms with van der Waals surface area (Å²) in [5.74, 6) is 0.440. The predicted molar refractivity (Wildman–Crippen MR) is 74.1 cm³/mol. The third kappa shape index (κ3) is 2.59. The van der Waals surface area contributed by atoms with Crippen LogP contribution in [0.5, 0.6) is 0 Å². The van der Waals surface area contributed by atoms with Gasteiger partial charge in [0.05, 0.1) is 0 Å². The highest BCUT2D eigenvalue weighted by molar-refractivity contribution is 9.10. The van der Waals surface area contributed by atoms with Gasteiger partial charge in [-0.1, -0.05) is 5.16 Å². The summed E-state index contributed by atoms with van der Waals surface area (Å²) in [6, 6.07) is 5.71. The topological polar surface area (TPSA) is 82.1 Å². The van der Waals surface area contributed by atoms with Crippen molar-refractivity contribution in [3.63, 3.8) is 0 Å². The van der Waals surface area contributed by atoms with Gasteiger partial charge in [-0.05, 0) is 40.5 Å². The van der Waals surface area contributed by atoms with Crippen molar-refractivity contribution in [3.05, 3.63) is 28.2 Å². The molecule has 0 aromatic heterocycles. The van der Waals surface area contributed by atoms with Crippen molar-refractivity contribution in [3.8, 4) is 0 Å². The molecule has 1 saturated heterocycles. The fraction of sp³-hybridized carbons (Fsp3) is 0.417. The molecule has 0 radical (unpaired) electrons. The molecule has 1 atom stereocenters. The van der Waals surface area contributed by atoms with Crippen LogP contribution in [0.2, 0.25) is 0 Å². The number of hydrogen-bond donors (Lipinski definition) is 3. The molecule has 18 heavy (non-hydrogen) atoms. The highest BCUT2D eigenvalue weighted by atomic mass is 79.9. The van der Waals surface area contributed by atoms with Crippen LogP contribution in [-0.4, -0.2) is 35.8 Å². The van der Waals surface area contributed by atoms with Crippen molar-refractivity contribution in [2.24, 2.45) is 16.8 Å². The Kier molecular flexibility index (Phi) is 4.08. The molecule has 1 aliphatic rings. The smallest absolute Gasteiger partial charge is 0.171 e. The van der Waals surface area contributed by atoms with E-state index in [4.69, 9.17) is 16.0 Å². The van der Waals surface area contributed by atoms with Crippen LogP contribution < -0.4 is 10.6 Å². The standard InChI is InChI=1S/C12H16BrN3O2/c13-11-5-9(1-2-10(11)12(14)15-18)16-4-3-8(6-16)7-17/h1-2,5,8,17-18H,3-4,6-7H2,(H2,14,15). The Hall–Kier alpha value is -1.27. The van der Waals surface area contributed by atoms with Crippen LogP contribution in [0.25, 0.3) is 0 Å². The quantitative estimate of drug-likeness (QED) is 0.340.